The lowest BCUT2D eigenvalue weighted by atomic mass is 9.97. The Kier molecular flexibility index (Phi) is 6.57. The van der Waals surface area contributed by atoms with Gasteiger partial charge in [-0.2, -0.15) is 0 Å². The number of nitrogens with zero attached hydrogens (tertiary/aromatic N) is 2. The number of carbonyl (C=O) groups excluding carboxylic acids is 1. The number of oxime groups is 1. The second kappa shape index (κ2) is 8.65. The highest BCUT2D eigenvalue weighted by Crippen LogP contribution is 2.21. The van der Waals surface area contributed by atoms with Gasteiger partial charge in [0, 0.05) is 18.7 Å². The number of likely N-dealkylation sites (tertiary alicyclic amines) is 1. The molecule has 2 atom stereocenters. The third-order valence-corrected chi connectivity index (χ3v) is 4.26. The summed E-state index contributed by atoms with van der Waals surface area (Å²) in [6, 6.07) is 6.91. The summed E-state index contributed by atoms with van der Waals surface area (Å²) in [5.74, 6) is -0.238. The minimum atomic E-state index is -0.660. The van der Waals surface area contributed by atoms with Gasteiger partial charge < -0.3 is 20.8 Å². The molecule has 0 saturated carbocycles. The number of aliphatic hydroxyl groups is 1. The molecule has 1 aliphatic rings. The van der Waals surface area contributed by atoms with E-state index in [9.17, 15) is 9.90 Å². The summed E-state index contributed by atoms with van der Waals surface area (Å²) in [5.41, 5.74) is 6.87. The molecule has 2 rings (SSSR count). The van der Waals surface area contributed by atoms with Crippen molar-refractivity contribution in [1.29, 1.82) is 0 Å². The lowest BCUT2D eigenvalue weighted by molar-refractivity contribution is -0.150. The van der Waals surface area contributed by atoms with Gasteiger partial charge in [-0.05, 0) is 31.9 Å². The lowest BCUT2D eigenvalue weighted by Crippen LogP contribution is -2.41. The van der Waals surface area contributed by atoms with Crippen molar-refractivity contribution < 1.29 is 19.8 Å². The molecule has 0 aromatic heterocycles. The normalized spacial score (nSPS) is 20.6. The number of aliphatic hydroxyl groups excluding tert-OH is 1. The number of piperidine rings is 1. The highest BCUT2D eigenvalue weighted by molar-refractivity contribution is 5.96. The van der Waals surface area contributed by atoms with Crippen molar-refractivity contribution in [2.45, 2.75) is 25.9 Å². The van der Waals surface area contributed by atoms with Crippen molar-refractivity contribution in [1.82, 2.24) is 4.90 Å². The third kappa shape index (κ3) is 4.69. The summed E-state index contributed by atoms with van der Waals surface area (Å²) in [6.45, 7) is 4.12. The van der Waals surface area contributed by atoms with Gasteiger partial charge in [0.2, 0.25) is 0 Å². The van der Waals surface area contributed by atoms with E-state index in [0.717, 1.165) is 24.9 Å². The van der Waals surface area contributed by atoms with Gasteiger partial charge in [-0.25, -0.2) is 0 Å². The Morgan fingerprint density at radius 2 is 2.17 bits per heavy atom. The zero-order valence-electron chi connectivity index (χ0n) is 13.9. The van der Waals surface area contributed by atoms with Gasteiger partial charge in [-0.15, -0.1) is 0 Å². The van der Waals surface area contributed by atoms with Gasteiger partial charge in [-0.3, -0.25) is 9.69 Å². The topological polar surface area (TPSA) is 108 Å². The average molecular weight is 335 g/mol. The van der Waals surface area contributed by atoms with Crippen molar-refractivity contribution >= 4 is 11.8 Å². The standard InChI is InChI=1S/C17H25N3O4/c1-2-24-17(22)14-4-3-9-20(10-14)11-15(21)12-5-7-13(8-6-12)16(18)19-23/h5-8,14-15,21,23H,2-4,9-11H2,1H3,(H2,18,19). The second-order valence-electron chi connectivity index (χ2n) is 5.97. The molecule has 7 heteroatoms. The van der Waals surface area contributed by atoms with Crippen LogP contribution in [0.25, 0.3) is 0 Å². The molecule has 1 saturated heterocycles. The van der Waals surface area contributed by atoms with Gasteiger partial charge >= 0.3 is 5.97 Å². The van der Waals surface area contributed by atoms with E-state index in [2.05, 4.69) is 10.1 Å². The second-order valence-corrected chi connectivity index (χ2v) is 5.97. The van der Waals surface area contributed by atoms with Crippen LogP contribution in [0.5, 0.6) is 0 Å². The average Bonchev–Trinajstić information content (AvgIpc) is 2.61. The van der Waals surface area contributed by atoms with E-state index >= 15 is 0 Å². The first kappa shape index (κ1) is 18.2. The number of carbonyl (C=O) groups is 1. The van der Waals surface area contributed by atoms with E-state index in [1.54, 1.807) is 31.2 Å². The van der Waals surface area contributed by atoms with Gasteiger partial charge in [0.25, 0.3) is 0 Å². The zero-order valence-corrected chi connectivity index (χ0v) is 13.9. The fourth-order valence-corrected chi connectivity index (χ4v) is 2.96. The smallest absolute Gasteiger partial charge is 0.310 e. The first-order chi connectivity index (χ1) is 11.5. The first-order valence-corrected chi connectivity index (χ1v) is 8.20. The number of nitrogens with two attached hydrogens (primary N) is 1. The Morgan fingerprint density at radius 1 is 1.46 bits per heavy atom. The molecule has 1 fully saturated rings. The number of amidine groups is 1. The van der Waals surface area contributed by atoms with Crippen molar-refractivity contribution in [2.75, 3.05) is 26.2 Å². The van der Waals surface area contributed by atoms with Gasteiger partial charge in [0.1, 0.15) is 0 Å². The van der Waals surface area contributed by atoms with Crippen molar-refractivity contribution in [3.63, 3.8) is 0 Å². The Bertz CT molecular complexity index is 574. The molecule has 1 aliphatic heterocycles. The number of benzene rings is 1. The van der Waals surface area contributed by atoms with Gasteiger partial charge in [0.15, 0.2) is 5.84 Å². The Balaban J connectivity index is 1.93. The van der Waals surface area contributed by atoms with E-state index in [0.29, 0.717) is 25.3 Å². The van der Waals surface area contributed by atoms with Crippen LogP contribution in [0.2, 0.25) is 0 Å². The summed E-state index contributed by atoms with van der Waals surface area (Å²) in [6.07, 6.45) is 1.09. The monoisotopic (exact) mass is 335 g/mol. The van der Waals surface area contributed by atoms with Crippen LogP contribution >= 0.6 is 0 Å². The maximum atomic E-state index is 11.9. The number of esters is 1. The van der Waals surface area contributed by atoms with Crippen LogP contribution in [-0.2, 0) is 9.53 Å². The molecule has 2 unspecified atom stereocenters. The van der Waals surface area contributed by atoms with Crippen LogP contribution in [0, 0.1) is 5.92 Å². The molecule has 132 valence electrons. The molecular weight excluding hydrogens is 310 g/mol. The van der Waals surface area contributed by atoms with E-state index < -0.39 is 6.10 Å². The minimum Gasteiger partial charge on any atom is -0.466 e. The largest absolute Gasteiger partial charge is 0.466 e. The number of rotatable bonds is 6. The van der Waals surface area contributed by atoms with E-state index in [1.165, 1.54) is 0 Å². The fourth-order valence-electron chi connectivity index (χ4n) is 2.96. The van der Waals surface area contributed by atoms with Crippen LogP contribution in [-0.4, -0.2) is 53.3 Å². The lowest BCUT2D eigenvalue weighted by Gasteiger charge is -2.32. The summed E-state index contributed by atoms with van der Waals surface area (Å²) in [7, 11) is 0. The van der Waals surface area contributed by atoms with Crippen molar-refractivity contribution in [3.8, 4) is 0 Å². The van der Waals surface area contributed by atoms with Crippen molar-refractivity contribution in [3.05, 3.63) is 35.4 Å². The Morgan fingerprint density at radius 3 is 2.79 bits per heavy atom. The molecule has 1 heterocycles. The SMILES string of the molecule is CCOC(=O)C1CCCN(CC(O)c2ccc(C(N)=NO)cc2)C1. The molecule has 24 heavy (non-hydrogen) atoms. The number of hydrogen-bond acceptors (Lipinski definition) is 6. The molecule has 0 bridgehead atoms. The molecule has 0 aliphatic carbocycles. The molecule has 1 aromatic rings. The summed E-state index contributed by atoms with van der Waals surface area (Å²) < 4.78 is 5.09. The predicted molar refractivity (Wildman–Crippen MR) is 89.7 cm³/mol. The summed E-state index contributed by atoms with van der Waals surface area (Å²) >= 11 is 0. The first-order valence-electron chi connectivity index (χ1n) is 8.20. The molecule has 0 amide bonds. The van der Waals surface area contributed by atoms with E-state index in [1.807, 2.05) is 0 Å². The zero-order chi connectivity index (χ0) is 17.5. The van der Waals surface area contributed by atoms with Crippen LogP contribution in [0.3, 0.4) is 0 Å². The molecule has 0 radical (unpaired) electrons. The van der Waals surface area contributed by atoms with E-state index in [-0.39, 0.29) is 17.7 Å². The summed E-state index contributed by atoms with van der Waals surface area (Å²) in [4.78, 5) is 14.0. The third-order valence-electron chi connectivity index (χ3n) is 4.26. The van der Waals surface area contributed by atoms with Crippen molar-refractivity contribution in [2.24, 2.45) is 16.8 Å². The van der Waals surface area contributed by atoms with Gasteiger partial charge in [0.05, 0.1) is 18.6 Å². The highest BCUT2D eigenvalue weighted by Gasteiger charge is 2.28. The number of ether oxygens (including phenoxy) is 1. The number of β-amino-alcohol motifs (C(OH)–C–C–N with tert-alkyl or cyclic N) is 1. The Hall–Kier alpha value is -2.12. The maximum Gasteiger partial charge on any atom is 0.310 e. The fraction of sp³-hybridized carbons (Fsp3) is 0.529. The van der Waals surface area contributed by atoms with Crippen LogP contribution in [0.1, 0.15) is 37.0 Å². The molecule has 4 N–H and O–H groups in total. The quantitative estimate of drug-likeness (QED) is 0.236. The van der Waals surface area contributed by atoms with Crippen LogP contribution < -0.4 is 5.73 Å². The summed E-state index contributed by atoms with van der Waals surface area (Å²) in [5, 5.41) is 22.0. The maximum absolute atomic E-state index is 11.9. The molecule has 0 spiro atoms. The molecule has 1 aromatic carbocycles. The molecular formula is C17H25N3O4. The number of hydrogen-bond donors (Lipinski definition) is 3. The van der Waals surface area contributed by atoms with Crippen LogP contribution in [0.15, 0.2) is 29.4 Å². The molecule has 7 nitrogen and oxygen atoms in total. The van der Waals surface area contributed by atoms with Crippen LogP contribution in [0.4, 0.5) is 0 Å². The highest BCUT2D eigenvalue weighted by atomic mass is 16.5. The Labute approximate surface area is 141 Å². The van der Waals surface area contributed by atoms with Gasteiger partial charge in [-0.1, -0.05) is 29.4 Å². The minimum absolute atomic E-state index is 0.0318. The van der Waals surface area contributed by atoms with E-state index in [4.69, 9.17) is 15.7 Å². The predicted octanol–water partition coefficient (Wildman–Crippen LogP) is 1.09.